The monoisotopic (exact) mass is 291 g/mol. The predicted molar refractivity (Wildman–Crippen MR) is 78.9 cm³/mol. The standard InChI is InChI=1S/C16H19F2N3/c1-4-7-19-9-13-10(2)20-16(21-11(13)3)12-5-6-14(17)15(18)8-12/h5-6,8,19H,4,7,9H2,1-3H3. The molecule has 2 rings (SSSR count). The fraction of sp³-hybridized carbons (Fsp3) is 0.375. The van der Waals surface area contributed by atoms with E-state index in [-0.39, 0.29) is 0 Å². The Balaban J connectivity index is 2.32. The second-order valence-corrected chi connectivity index (χ2v) is 5.00. The molecule has 0 aliphatic rings. The third-order valence-electron chi connectivity index (χ3n) is 3.33. The van der Waals surface area contributed by atoms with Gasteiger partial charge >= 0.3 is 0 Å². The number of benzene rings is 1. The van der Waals surface area contributed by atoms with Crippen LogP contribution in [0, 0.1) is 25.5 Å². The smallest absolute Gasteiger partial charge is 0.159 e. The summed E-state index contributed by atoms with van der Waals surface area (Å²) in [6, 6.07) is 3.70. The van der Waals surface area contributed by atoms with E-state index in [4.69, 9.17) is 0 Å². The Bertz CT molecular complexity index is 618. The van der Waals surface area contributed by atoms with E-state index in [1.165, 1.54) is 6.07 Å². The topological polar surface area (TPSA) is 37.8 Å². The van der Waals surface area contributed by atoms with E-state index >= 15 is 0 Å². The van der Waals surface area contributed by atoms with Crippen molar-refractivity contribution < 1.29 is 8.78 Å². The van der Waals surface area contributed by atoms with Gasteiger partial charge in [-0.15, -0.1) is 0 Å². The van der Waals surface area contributed by atoms with Crippen molar-refractivity contribution in [2.24, 2.45) is 0 Å². The Morgan fingerprint density at radius 3 is 2.29 bits per heavy atom. The summed E-state index contributed by atoms with van der Waals surface area (Å²) < 4.78 is 26.3. The number of hydrogen-bond acceptors (Lipinski definition) is 3. The molecule has 0 unspecified atom stereocenters. The lowest BCUT2D eigenvalue weighted by atomic mass is 10.1. The zero-order valence-electron chi connectivity index (χ0n) is 12.5. The molecule has 0 saturated heterocycles. The molecule has 0 aliphatic carbocycles. The van der Waals surface area contributed by atoms with Crippen LogP contribution in [-0.2, 0) is 6.54 Å². The maximum Gasteiger partial charge on any atom is 0.159 e. The van der Waals surface area contributed by atoms with Gasteiger partial charge in [0, 0.05) is 29.1 Å². The van der Waals surface area contributed by atoms with Crippen LogP contribution in [0.25, 0.3) is 11.4 Å². The van der Waals surface area contributed by atoms with Crippen LogP contribution in [-0.4, -0.2) is 16.5 Å². The lowest BCUT2D eigenvalue weighted by Crippen LogP contribution is -2.17. The highest BCUT2D eigenvalue weighted by molar-refractivity contribution is 5.55. The second-order valence-electron chi connectivity index (χ2n) is 5.00. The average molecular weight is 291 g/mol. The quantitative estimate of drug-likeness (QED) is 0.856. The second kappa shape index (κ2) is 6.72. The number of halogens is 2. The summed E-state index contributed by atoms with van der Waals surface area (Å²) in [7, 11) is 0. The van der Waals surface area contributed by atoms with Crippen molar-refractivity contribution in [2.75, 3.05) is 6.54 Å². The lowest BCUT2D eigenvalue weighted by Gasteiger charge is -2.11. The fourth-order valence-corrected chi connectivity index (χ4v) is 2.15. The van der Waals surface area contributed by atoms with Gasteiger partial charge in [-0.2, -0.15) is 0 Å². The number of nitrogens with one attached hydrogen (secondary N) is 1. The van der Waals surface area contributed by atoms with Crippen molar-refractivity contribution in [1.29, 1.82) is 0 Å². The molecule has 0 atom stereocenters. The summed E-state index contributed by atoms with van der Waals surface area (Å²) in [6.45, 7) is 7.56. The number of rotatable bonds is 5. The largest absolute Gasteiger partial charge is 0.313 e. The SMILES string of the molecule is CCCNCc1c(C)nc(-c2ccc(F)c(F)c2)nc1C. The van der Waals surface area contributed by atoms with Crippen LogP contribution >= 0.6 is 0 Å². The zero-order valence-corrected chi connectivity index (χ0v) is 12.5. The first-order chi connectivity index (χ1) is 10.0. The van der Waals surface area contributed by atoms with Crippen molar-refractivity contribution in [1.82, 2.24) is 15.3 Å². The highest BCUT2D eigenvalue weighted by Gasteiger charge is 2.11. The minimum absolute atomic E-state index is 0.420. The van der Waals surface area contributed by atoms with Crippen molar-refractivity contribution in [3.63, 3.8) is 0 Å². The summed E-state index contributed by atoms with van der Waals surface area (Å²) >= 11 is 0. The van der Waals surface area contributed by atoms with Gasteiger partial charge in [0.2, 0.25) is 0 Å². The molecule has 5 heteroatoms. The molecule has 0 saturated carbocycles. The van der Waals surface area contributed by atoms with Gasteiger partial charge < -0.3 is 5.32 Å². The molecule has 21 heavy (non-hydrogen) atoms. The van der Waals surface area contributed by atoms with E-state index < -0.39 is 11.6 Å². The van der Waals surface area contributed by atoms with Crippen molar-refractivity contribution in [2.45, 2.75) is 33.7 Å². The van der Waals surface area contributed by atoms with Gasteiger partial charge in [0.25, 0.3) is 0 Å². The summed E-state index contributed by atoms with van der Waals surface area (Å²) in [5, 5.41) is 3.32. The molecule has 3 nitrogen and oxygen atoms in total. The molecule has 0 radical (unpaired) electrons. The number of aromatic nitrogens is 2. The van der Waals surface area contributed by atoms with Crippen LogP contribution in [0.15, 0.2) is 18.2 Å². The molecular weight excluding hydrogens is 272 g/mol. The Hall–Kier alpha value is -1.88. The van der Waals surface area contributed by atoms with Crippen LogP contribution in [0.2, 0.25) is 0 Å². The predicted octanol–water partition coefficient (Wildman–Crippen LogP) is 3.54. The van der Waals surface area contributed by atoms with Crippen LogP contribution < -0.4 is 5.32 Å². The number of aryl methyl sites for hydroxylation is 2. The summed E-state index contributed by atoms with van der Waals surface area (Å²) in [5.74, 6) is -1.34. The minimum atomic E-state index is -0.889. The van der Waals surface area contributed by atoms with Crippen molar-refractivity contribution in [3.8, 4) is 11.4 Å². The molecule has 0 spiro atoms. The third kappa shape index (κ3) is 3.61. The van der Waals surface area contributed by atoms with Crippen LogP contribution in [0.3, 0.4) is 0 Å². The molecule has 1 heterocycles. The molecule has 1 aromatic heterocycles. The Kier molecular flexibility index (Phi) is 4.96. The van der Waals surface area contributed by atoms with Crippen molar-refractivity contribution >= 4 is 0 Å². The molecule has 1 aromatic carbocycles. The highest BCUT2D eigenvalue weighted by Crippen LogP contribution is 2.20. The molecule has 0 fully saturated rings. The summed E-state index contributed by atoms with van der Waals surface area (Å²) in [4.78, 5) is 8.83. The van der Waals surface area contributed by atoms with Gasteiger partial charge in [-0.3, -0.25) is 0 Å². The van der Waals surface area contributed by atoms with E-state index in [9.17, 15) is 8.78 Å². The fourth-order valence-electron chi connectivity index (χ4n) is 2.15. The van der Waals surface area contributed by atoms with Crippen molar-refractivity contribution in [3.05, 3.63) is 46.8 Å². The molecule has 1 N–H and O–H groups in total. The molecule has 0 amide bonds. The average Bonchev–Trinajstić information content (AvgIpc) is 2.44. The molecule has 112 valence electrons. The Morgan fingerprint density at radius 2 is 1.71 bits per heavy atom. The Morgan fingerprint density at radius 1 is 1.05 bits per heavy atom. The van der Waals surface area contributed by atoms with Gasteiger partial charge in [-0.1, -0.05) is 6.92 Å². The normalized spacial score (nSPS) is 10.9. The summed E-state index contributed by atoms with van der Waals surface area (Å²) in [6.07, 6.45) is 1.06. The van der Waals surface area contributed by atoms with Crippen LogP contribution in [0.4, 0.5) is 8.78 Å². The summed E-state index contributed by atoms with van der Waals surface area (Å²) in [5.41, 5.74) is 3.24. The lowest BCUT2D eigenvalue weighted by molar-refractivity contribution is 0.509. The van der Waals surface area contributed by atoms with E-state index in [1.807, 2.05) is 13.8 Å². The van der Waals surface area contributed by atoms with Gasteiger partial charge in [0.15, 0.2) is 17.5 Å². The van der Waals surface area contributed by atoms with E-state index in [2.05, 4.69) is 22.2 Å². The van der Waals surface area contributed by atoms with E-state index in [1.54, 1.807) is 0 Å². The molecular formula is C16H19F2N3. The van der Waals surface area contributed by atoms with E-state index in [0.717, 1.165) is 42.0 Å². The van der Waals surface area contributed by atoms with Gasteiger partial charge in [-0.25, -0.2) is 18.7 Å². The first-order valence-electron chi connectivity index (χ1n) is 7.03. The first-order valence-corrected chi connectivity index (χ1v) is 7.03. The van der Waals surface area contributed by atoms with Gasteiger partial charge in [0.05, 0.1) is 0 Å². The minimum Gasteiger partial charge on any atom is -0.313 e. The molecule has 0 bridgehead atoms. The highest BCUT2D eigenvalue weighted by atomic mass is 19.2. The maximum atomic E-state index is 13.3. The van der Waals surface area contributed by atoms with E-state index in [0.29, 0.717) is 17.9 Å². The van der Waals surface area contributed by atoms with Crippen LogP contribution in [0.1, 0.15) is 30.3 Å². The first kappa shape index (κ1) is 15.5. The molecule has 0 aliphatic heterocycles. The molecule has 2 aromatic rings. The maximum absolute atomic E-state index is 13.3. The van der Waals surface area contributed by atoms with Gasteiger partial charge in [-0.05, 0) is 45.0 Å². The number of nitrogens with zero attached hydrogens (tertiary/aromatic N) is 2. The van der Waals surface area contributed by atoms with Crippen LogP contribution in [0.5, 0.6) is 0 Å². The number of hydrogen-bond donors (Lipinski definition) is 1. The zero-order chi connectivity index (χ0) is 15.4. The van der Waals surface area contributed by atoms with Gasteiger partial charge in [0.1, 0.15) is 0 Å². The third-order valence-corrected chi connectivity index (χ3v) is 3.33. The Labute approximate surface area is 123 Å².